The van der Waals surface area contributed by atoms with Gasteiger partial charge < -0.3 is 4.57 Å². The Morgan fingerprint density at radius 1 is 1.38 bits per heavy atom. The van der Waals surface area contributed by atoms with Gasteiger partial charge in [-0.2, -0.15) is 11.8 Å². The van der Waals surface area contributed by atoms with Crippen LogP contribution in [0.4, 0.5) is 0 Å². The van der Waals surface area contributed by atoms with Gasteiger partial charge >= 0.3 is 0 Å². The van der Waals surface area contributed by atoms with Crippen molar-refractivity contribution < 1.29 is 0 Å². The fourth-order valence-electron chi connectivity index (χ4n) is 1.61. The normalized spacial score (nSPS) is 17.2. The molecule has 0 unspecified atom stereocenters. The lowest BCUT2D eigenvalue weighted by atomic mass is 10.2. The summed E-state index contributed by atoms with van der Waals surface area (Å²) in [6.07, 6.45) is 1.25. The molecule has 0 saturated carbocycles. The Morgan fingerprint density at radius 2 is 2.23 bits per heavy atom. The second-order valence-electron chi connectivity index (χ2n) is 3.69. The van der Waals surface area contributed by atoms with E-state index in [0.717, 1.165) is 23.9 Å². The van der Waals surface area contributed by atoms with Crippen LogP contribution in [0.25, 0.3) is 0 Å². The maximum Gasteiger partial charge on any atom is 0.143 e. The molecule has 1 aliphatic rings. The first-order chi connectivity index (χ1) is 6.29. The number of hydrogen-bond donors (Lipinski definition) is 0. The summed E-state index contributed by atoms with van der Waals surface area (Å²) in [5, 5.41) is 8.47. The van der Waals surface area contributed by atoms with E-state index in [0.29, 0.717) is 5.92 Å². The average molecular weight is 197 g/mol. The van der Waals surface area contributed by atoms with Crippen molar-refractivity contribution in [3.05, 3.63) is 11.6 Å². The Morgan fingerprint density at radius 3 is 3.00 bits per heavy atom. The van der Waals surface area contributed by atoms with Crippen molar-refractivity contribution >= 4 is 11.8 Å². The summed E-state index contributed by atoms with van der Waals surface area (Å²) in [5.74, 6) is 5.08. The van der Waals surface area contributed by atoms with Gasteiger partial charge in [0.05, 0.1) is 5.75 Å². The smallest absolute Gasteiger partial charge is 0.143 e. The Bertz CT molecular complexity index is 293. The maximum absolute atomic E-state index is 4.24. The van der Waals surface area contributed by atoms with E-state index in [2.05, 4.69) is 28.6 Å². The Kier molecular flexibility index (Phi) is 2.58. The van der Waals surface area contributed by atoms with Crippen molar-refractivity contribution in [2.75, 3.05) is 5.75 Å². The summed E-state index contributed by atoms with van der Waals surface area (Å²) < 4.78 is 2.30. The first-order valence-electron chi connectivity index (χ1n) is 4.78. The van der Waals surface area contributed by atoms with Gasteiger partial charge in [-0.25, -0.2) is 0 Å². The molecule has 0 radical (unpaired) electrons. The van der Waals surface area contributed by atoms with Crippen LogP contribution in [0.15, 0.2) is 0 Å². The highest BCUT2D eigenvalue weighted by Crippen LogP contribution is 2.21. The molecule has 0 N–H and O–H groups in total. The van der Waals surface area contributed by atoms with Crippen LogP contribution in [0.1, 0.15) is 37.8 Å². The molecule has 1 aromatic rings. The molecule has 0 spiro atoms. The third-order valence-electron chi connectivity index (χ3n) is 2.27. The van der Waals surface area contributed by atoms with Crippen LogP contribution in [-0.4, -0.2) is 20.5 Å². The zero-order valence-electron chi connectivity index (χ0n) is 8.16. The quantitative estimate of drug-likeness (QED) is 0.690. The number of nitrogens with zero attached hydrogens (tertiary/aromatic N) is 3. The molecule has 0 aliphatic carbocycles. The lowest BCUT2D eigenvalue weighted by Crippen LogP contribution is -2.07. The van der Waals surface area contributed by atoms with Crippen molar-refractivity contribution in [2.24, 2.45) is 0 Å². The van der Waals surface area contributed by atoms with Crippen molar-refractivity contribution in [3.8, 4) is 0 Å². The van der Waals surface area contributed by atoms with Gasteiger partial charge in [0.15, 0.2) is 0 Å². The van der Waals surface area contributed by atoms with Gasteiger partial charge in [-0.15, -0.1) is 10.2 Å². The molecular formula is C9H15N3S. The van der Waals surface area contributed by atoms with Crippen LogP contribution >= 0.6 is 11.8 Å². The van der Waals surface area contributed by atoms with E-state index in [9.17, 15) is 0 Å². The minimum absolute atomic E-state index is 0.490. The Balaban J connectivity index is 2.34. The van der Waals surface area contributed by atoms with Crippen molar-refractivity contribution in [3.63, 3.8) is 0 Å². The zero-order chi connectivity index (χ0) is 9.26. The van der Waals surface area contributed by atoms with E-state index in [1.54, 1.807) is 0 Å². The molecule has 0 atom stereocenters. The van der Waals surface area contributed by atoms with Gasteiger partial charge in [-0.3, -0.25) is 0 Å². The van der Waals surface area contributed by atoms with E-state index in [4.69, 9.17) is 0 Å². The Labute approximate surface area is 82.9 Å². The first-order valence-corrected chi connectivity index (χ1v) is 5.94. The van der Waals surface area contributed by atoms with Crippen molar-refractivity contribution in [1.29, 1.82) is 0 Å². The number of fused-ring (bicyclic) bond motifs is 1. The number of aromatic nitrogens is 3. The van der Waals surface area contributed by atoms with Gasteiger partial charge in [-0.05, 0) is 12.2 Å². The molecule has 4 heteroatoms. The predicted octanol–water partition coefficient (Wildman–Crippen LogP) is 2.04. The fourth-order valence-corrected chi connectivity index (χ4v) is 2.49. The summed E-state index contributed by atoms with van der Waals surface area (Å²) in [6, 6.07) is 0. The topological polar surface area (TPSA) is 30.7 Å². The highest BCUT2D eigenvalue weighted by Gasteiger charge is 2.16. The number of hydrogen-bond acceptors (Lipinski definition) is 3. The van der Waals surface area contributed by atoms with Crippen LogP contribution in [0.2, 0.25) is 0 Å². The summed E-state index contributed by atoms with van der Waals surface area (Å²) in [5.41, 5.74) is 0. The minimum Gasteiger partial charge on any atom is -0.314 e. The number of thioether (sulfide) groups is 1. The second-order valence-corrected chi connectivity index (χ2v) is 4.79. The molecule has 0 amide bonds. The molecule has 2 rings (SSSR count). The third kappa shape index (κ3) is 1.73. The first kappa shape index (κ1) is 9.06. The SMILES string of the molecule is CC(C)c1nnc2n1CCCSC2. The summed E-state index contributed by atoms with van der Waals surface area (Å²) >= 11 is 1.96. The zero-order valence-corrected chi connectivity index (χ0v) is 8.97. The molecule has 13 heavy (non-hydrogen) atoms. The Hall–Kier alpha value is -0.510. The fraction of sp³-hybridized carbons (Fsp3) is 0.778. The molecule has 1 aliphatic heterocycles. The van der Waals surface area contributed by atoms with Crippen LogP contribution in [0.5, 0.6) is 0 Å². The highest BCUT2D eigenvalue weighted by molar-refractivity contribution is 7.98. The molecule has 2 heterocycles. The molecule has 72 valence electrons. The summed E-state index contributed by atoms with van der Waals surface area (Å²) in [7, 11) is 0. The predicted molar refractivity (Wildman–Crippen MR) is 54.9 cm³/mol. The van der Waals surface area contributed by atoms with Crippen molar-refractivity contribution in [2.45, 2.75) is 38.5 Å². The molecule has 0 fully saturated rings. The van der Waals surface area contributed by atoms with E-state index >= 15 is 0 Å². The van der Waals surface area contributed by atoms with E-state index in [-0.39, 0.29) is 0 Å². The van der Waals surface area contributed by atoms with Crippen LogP contribution in [0, 0.1) is 0 Å². The van der Waals surface area contributed by atoms with Gasteiger partial charge in [-0.1, -0.05) is 13.8 Å². The maximum atomic E-state index is 4.24. The van der Waals surface area contributed by atoms with E-state index < -0.39 is 0 Å². The van der Waals surface area contributed by atoms with Gasteiger partial charge in [0.1, 0.15) is 11.6 Å². The monoisotopic (exact) mass is 197 g/mol. The van der Waals surface area contributed by atoms with E-state index in [1.165, 1.54) is 12.2 Å². The van der Waals surface area contributed by atoms with Crippen LogP contribution < -0.4 is 0 Å². The lowest BCUT2D eigenvalue weighted by Gasteiger charge is -2.08. The average Bonchev–Trinajstić information content (AvgIpc) is 2.36. The standard InChI is InChI=1S/C9H15N3S/c1-7(2)9-11-10-8-6-13-5-3-4-12(8)9/h7H,3-6H2,1-2H3. The van der Waals surface area contributed by atoms with Crippen molar-refractivity contribution in [1.82, 2.24) is 14.8 Å². The minimum atomic E-state index is 0.490. The third-order valence-corrected chi connectivity index (χ3v) is 3.31. The van der Waals surface area contributed by atoms with Gasteiger partial charge in [0, 0.05) is 12.5 Å². The molecule has 0 bridgehead atoms. The molecule has 0 saturated heterocycles. The van der Waals surface area contributed by atoms with Crippen LogP contribution in [-0.2, 0) is 12.3 Å². The molecule has 0 aromatic carbocycles. The van der Waals surface area contributed by atoms with Gasteiger partial charge in [0.25, 0.3) is 0 Å². The summed E-state index contributed by atoms with van der Waals surface area (Å²) in [4.78, 5) is 0. The van der Waals surface area contributed by atoms with Gasteiger partial charge in [0.2, 0.25) is 0 Å². The summed E-state index contributed by atoms with van der Waals surface area (Å²) in [6.45, 7) is 5.45. The van der Waals surface area contributed by atoms with E-state index in [1.807, 2.05) is 11.8 Å². The molecule has 3 nitrogen and oxygen atoms in total. The molecule has 1 aromatic heterocycles. The molecular weight excluding hydrogens is 182 g/mol. The highest BCUT2D eigenvalue weighted by atomic mass is 32.2. The van der Waals surface area contributed by atoms with Crippen LogP contribution in [0.3, 0.4) is 0 Å². The lowest BCUT2D eigenvalue weighted by molar-refractivity contribution is 0.604. The second kappa shape index (κ2) is 3.70. The largest absolute Gasteiger partial charge is 0.314 e. The number of rotatable bonds is 1.